The summed E-state index contributed by atoms with van der Waals surface area (Å²) in [6.07, 6.45) is -3.30. The second kappa shape index (κ2) is 5.19. The van der Waals surface area contributed by atoms with E-state index in [4.69, 9.17) is 0 Å². The number of alkyl halides is 3. The van der Waals surface area contributed by atoms with E-state index in [9.17, 15) is 22.4 Å². The highest BCUT2D eigenvalue weighted by Crippen LogP contribution is 2.35. The number of anilines is 1. The fourth-order valence-electron chi connectivity index (χ4n) is 2.32. The first-order chi connectivity index (χ1) is 8.91. The number of carbonyl (C=O) groups is 1. The van der Waals surface area contributed by atoms with Crippen LogP contribution in [-0.4, -0.2) is 25.6 Å². The van der Waals surface area contributed by atoms with Gasteiger partial charge in [-0.3, -0.25) is 4.79 Å². The van der Waals surface area contributed by atoms with Crippen LogP contribution < -0.4 is 4.90 Å². The summed E-state index contributed by atoms with van der Waals surface area (Å²) in [5.74, 6) is -2.08. The van der Waals surface area contributed by atoms with Crippen LogP contribution in [0.4, 0.5) is 23.2 Å². The van der Waals surface area contributed by atoms with Gasteiger partial charge in [0.1, 0.15) is 12.1 Å². The molecule has 0 spiro atoms. The summed E-state index contributed by atoms with van der Waals surface area (Å²) in [7, 11) is 0. The van der Waals surface area contributed by atoms with Gasteiger partial charge in [-0.2, -0.15) is 13.2 Å². The predicted molar refractivity (Wildman–Crippen MR) is 62.8 cm³/mol. The lowest BCUT2D eigenvalue weighted by Crippen LogP contribution is -2.42. The number of hydrogen-bond acceptors (Lipinski definition) is 2. The predicted octanol–water partition coefficient (Wildman–Crippen LogP) is 3.42. The number of aldehydes is 1. The summed E-state index contributed by atoms with van der Waals surface area (Å²) in [6.45, 7) is 0.158. The molecule has 0 bridgehead atoms. The highest BCUT2D eigenvalue weighted by atomic mass is 19.4. The number of benzene rings is 1. The third-order valence-corrected chi connectivity index (χ3v) is 3.33. The molecule has 6 heteroatoms. The molecule has 0 aromatic heterocycles. The van der Waals surface area contributed by atoms with Crippen molar-refractivity contribution in [3.05, 3.63) is 29.6 Å². The quantitative estimate of drug-likeness (QED) is 0.609. The molecule has 0 N–H and O–H groups in total. The Morgan fingerprint density at radius 2 is 2.05 bits per heavy atom. The molecule has 1 saturated heterocycles. The molecular weight excluding hydrogens is 262 g/mol. The second-order valence-corrected chi connectivity index (χ2v) is 4.66. The van der Waals surface area contributed by atoms with Crippen LogP contribution >= 0.6 is 0 Å². The summed E-state index contributed by atoms with van der Waals surface area (Å²) in [6, 6.07) is 3.81. The first-order valence-corrected chi connectivity index (χ1v) is 5.98. The molecule has 1 aromatic carbocycles. The highest BCUT2D eigenvalue weighted by Gasteiger charge is 2.42. The smallest absolute Gasteiger partial charge is 0.369 e. The summed E-state index contributed by atoms with van der Waals surface area (Å²) in [5.41, 5.74) is 0.296. The Hall–Kier alpha value is -1.59. The molecule has 1 unspecified atom stereocenters. The first kappa shape index (κ1) is 13.8. The van der Waals surface area contributed by atoms with Crippen molar-refractivity contribution in [2.75, 3.05) is 18.0 Å². The van der Waals surface area contributed by atoms with Crippen molar-refractivity contribution >= 4 is 12.0 Å². The van der Waals surface area contributed by atoms with Gasteiger partial charge in [0.15, 0.2) is 0 Å². The van der Waals surface area contributed by atoms with Crippen LogP contribution in [0.3, 0.4) is 0 Å². The van der Waals surface area contributed by atoms with Crippen molar-refractivity contribution in [1.29, 1.82) is 0 Å². The molecule has 0 aliphatic carbocycles. The monoisotopic (exact) mass is 275 g/mol. The van der Waals surface area contributed by atoms with Gasteiger partial charge in [-0.25, -0.2) is 4.39 Å². The summed E-state index contributed by atoms with van der Waals surface area (Å²) < 4.78 is 51.8. The van der Waals surface area contributed by atoms with Gasteiger partial charge in [0.2, 0.25) is 0 Å². The number of rotatable bonds is 2. The van der Waals surface area contributed by atoms with Crippen molar-refractivity contribution in [1.82, 2.24) is 0 Å². The number of piperidine rings is 1. The van der Waals surface area contributed by atoms with Gasteiger partial charge in [-0.15, -0.1) is 0 Å². The molecule has 1 aromatic rings. The van der Waals surface area contributed by atoms with Crippen LogP contribution in [0.1, 0.15) is 23.2 Å². The normalized spacial score (nSPS) is 20.4. The minimum atomic E-state index is -4.25. The van der Waals surface area contributed by atoms with E-state index in [1.165, 1.54) is 17.0 Å². The number of nitrogens with zero attached hydrogens (tertiary/aromatic N) is 1. The van der Waals surface area contributed by atoms with Gasteiger partial charge in [0.25, 0.3) is 0 Å². The Kier molecular flexibility index (Phi) is 3.78. The Labute approximate surface area is 108 Å². The highest BCUT2D eigenvalue weighted by molar-refractivity contribution is 5.76. The maximum absolute atomic E-state index is 13.8. The lowest BCUT2D eigenvalue weighted by molar-refractivity contribution is -0.176. The van der Waals surface area contributed by atoms with Crippen molar-refractivity contribution < 1.29 is 22.4 Å². The lowest BCUT2D eigenvalue weighted by atomic mass is 9.97. The molecule has 1 heterocycles. The zero-order chi connectivity index (χ0) is 14.0. The van der Waals surface area contributed by atoms with Crippen LogP contribution in [0.5, 0.6) is 0 Å². The lowest BCUT2D eigenvalue weighted by Gasteiger charge is -2.35. The van der Waals surface area contributed by atoms with Crippen molar-refractivity contribution in [2.24, 2.45) is 5.92 Å². The van der Waals surface area contributed by atoms with Crippen LogP contribution in [-0.2, 0) is 0 Å². The van der Waals surface area contributed by atoms with Gasteiger partial charge >= 0.3 is 6.18 Å². The summed E-state index contributed by atoms with van der Waals surface area (Å²) in [5, 5.41) is 0. The van der Waals surface area contributed by atoms with E-state index < -0.39 is 17.9 Å². The zero-order valence-electron chi connectivity index (χ0n) is 10.1. The van der Waals surface area contributed by atoms with Crippen LogP contribution in [0.15, 0.2) is 18.2 Å². The van der Waals surface area contributed by atoms with Crippen LogP contribution in [0, 0.1) is 11.7 Å². The minimum absolute atomic E-state index is 0.0774. The molecule has 2 rings (SSSR count). The fraction of sp³-hybridized carbons (Fsp3) is 0.462. The number of hydrogen-bond donors (Lipinski definition) is 0. The molecule has 1 atom stereocenters. The van der Waals surface area contributed by atoms with E-state index in [0.717, 1.165) is 6.07 Å². The van der Waals surface area contributed by atoms with E-state index in [1.54, 1.807) is 0 Å². The van der Waals surface area contributed by atoms with Gasteiger partial charge in [-0.1, -0.05) is 0 Å². The molecule has 0 amide bonds. The standard InChI is InChI=1S/C13H13F4NO/c14-11-6-9(8-19)3-4-12(11)18-5-1-2-10(7-18)13(15,16)17/h3-4,6,8,10H,1-2,5,7H2. The average molecular weight is 275 g/mol. The third kappa shape index (κ3) is 3.05. The van der Waals surface area contributed by atoms with E-state index in [-0.39, 0.29) is 24.2 Å². The van der Waals surface area contributed by atoms with E-state index in [2.05, 4.69) is 0 Å². The Bertz CT molecular complexity index is 472. The van der Waals surface area contributed by atoms with Gasteiger partial charge in [0, 0.05) is 18.7 Å². The van der Waals surface area contributed by atoms with Crippen molar-refractivity contribution in [3.8, 4) is 0 Å². The molecule has 104 valence electrons. The van der Waals surface area contributed by atoms with E-state index in [1.807, 2.05) is 0 Å². The van der Waals surface area contributed by atoms with Gasteiger partial charge in [0.05, 0.1) is 11.6 Å². The van der Waals surface area contributed by atoms with Crippen LogP contribution in [0.25, 0.3) is 0 Å². The number of carbonyl (C=O) groups excluding carboxylic acids is 1. The Morgan fingerprint density at radius 1 is 1.32 bits per heavy atom. The zero-order valence-corrected chi connectivity index (χ0v) is 10.1. The van der Waals surface area contributed by atoms with Crippen molar-refractivity contribution in [2.45, 2.75) is 19.0 Å². The maximum atomic E-state index is 13.8. The van der Waals surface area contributed by atoms with Crippen LogP contribution in [0.2, 0.25) is 0 Å². The SMILES string of the molecule is O=Cc1ccc(N2CCCC(C(F)(F)F)C2)c(F)c1. The molecule has 19 heavy (non-hydrogen) atoms. The fourth-order valence-corrected chi connectivity index (χ4v) is 2.32. The molecule has 1 fully saturated rings. The van der Waals surface area contributed by atoms with E-state index in [0.29, 0.717) is 19.3 Å². The number of halogens is 4. The molecular formula is C13H13F4NO. The molecule has 2 nitrogen and oxygen atoms in total. The maximum Gasteiger partial charge on any atom is 0.393 e. The average Bonchev–Trinajstić information content (AvgIpc) is 2.37. The topological polar surface area (TPSA) is 20.3 Å². The molecule has 1 aliphatic heterocycles. The Morgan fingerprint density at radius 3 is 2.63 bits per heavy atom. The second-order valence-electron chi connectivity index (χ2n) is 4.66. The van der Waals surface area contributed by atoms with Crippen molar-refractivity contribution in [3.63, 3.8) is 0 Å². The third-order valence-electron chi connectivity index (χ3n) is 3.33. The summed E-state index contributed by atoms with van der Waals surface area (Å²) >= 11 is 0. The molecule has 1 aliphatic rings. The minimum Gasteiger partial charge on any atom is -0.369 e. The largest absolute Gasteiger partial charge is 0.393 e. The Balaban J connectivity index is 2.20. The molecule has 0 saturated carbocycles. The van der Waals surface area contributed by atoms with E-state index >= 15 is 0 Å². The van der Waals surface area contributed by atoms with Gasteiger partial charge < -0.3 is 4.90 Å². The first-order valence-electron chi connectivity index (χ1n) is 5.98. The van der Waals surface area contributed by atoms with Gasteiger partial charge in [-0.05, 0) is 31.0 Å². The molecule has 0 radical (unpaired) electrons. The summed E-state index contributed by atoms with van der Waals surface area (Å²) in [4.78, 5) is 11.9.